The highest BCUT2D eigenvalue weighted by Gasteiger charge is 2.55. The Bertz CT molecular complexity index is 618. The second-order valence-corrected chi connectivity index (χ2v) is 6.57. The highest BCUT2D eigenvalue weighted by molar-refractivity contribution is 7.80. The van der Waals surface area contributed by atoms with Crippen molar-refractivity contribution >= 4 is 25.2 Å². The average Bonchev–Trinajstić information content (AvgIpc) is 2.74. The Morgan fingerprint density at radius 2 is 1.73 bits per heavy atom. The Hall–Kier alpha value is -1.47. The van der Waals surface area contributed by atoms with Crippen LogP contribution in [0, 0.1) is 22.7 Å². The largest absolute Gasteiger partial charge is 0.497 e. The lowest BCUT2D eigenvalue weighted by Gasteiger charge is -2.36. The van der Waals surface area contributed by atoms with E-state index in [4.69, 9.17) is 9.31 Å². The first-order chi connectivity index (χ1) is 10.4. The topological polar surface area (TPSA) is 66.0 Å². The van der Waals surface area contributed by atoms with Gasteiger partial charge in [-0.25, -0.2) is 0 Å². The van der Waals surface area contributed by atoms with E-state index in [9.17, 15) is 10.5 Å². The summed E-state index contributed by atoms with van der Waals surface area (Å²) in [5.74, 6) is 0.776. The standard InChI is InChI=1S/C16H19BN2O2S/c1-15(2)16(3,8-5-9-22)21-17(20-15)14-12(10-18)6-4-7-13(14)11-19/h4,6-7,22H,5,8-9H2,1-3H3. The van der Waals surface area contributed by atoms with Crippen LogP contribution in [0.3, 0.4) is 0 Å². The summed E-state index contributed by atoms with van der Waals surface area (Å²) in [6.07, 6.45) is 1.71. The fraction of sp³-hybridized carbons (Fsp3) is 0.500. The minimum atomic E-state index is -0.703. The van der Waals surface area contributed by atoms with Gasteiger partial charge in [0.2, 0.25) is 0 Å². The Kier molecular flexibility index (Phi) is 4.87. The molecule has 1 aliphatic heterocycles. The van der Waals surface area contributed by atoms with E-state index >= 15 is 0 Å². The summed E-state index contributed by atoms with van der Waals surface area (Å²) in [5.41, 5.74) is 0.345. The summed E-state index contributed by atoms with van der Waals surface area (Å²) in [6, 6.07) is 9.30. The highest BCUT2D eigenvalue weighted by Crippen LogP contribution is 2.40. The van der Waals surface area contributed by atoms with Crippen molar-refractivity contribution in [2.45, 2.75) is 44.8 Å². The van der Waals surface area contributed by atoms with Crippen LogP contribution in [0.5, 0.6) is 0 Å². The number of nitriles is 2. The van der Waals surface area contributed by atoms with Gasteiger partial charge in [-0.3, -0.25) is 0 Å². The average molecular weight is 314 g/mol. The van der Waals surface area contributed by atoms with Crippen LogP contribution in [0.4, 0.5) is 0 Å². The summed E-state index contributed by atoms with van der Waals surface area (Å²) < 4.78 is 12.3. The molecule has 1 aromatic rings. The van der Waals surface area contributed by atoms with Gasteiger partial charge in [0.25, 0.3) is 0 Å². The summed E-state index contributed by atoms with van der Waals surface area (Å²) in [4.78, 5) is 0. The molecule has 1 saturated heterocycles. The lowest BCUT2D eigenvalue weighted by atomic mass is 9.73. The maximum Gasteiger partial charge on any atom is 0.497 e. The number of nitrogens with zero attached hydrogens (tertiary/aromatic N) is 2. The second kappa shape index (κ2) is 6.34. The van der Waals surface area contributed by atoms with Gasteiger partial charge in [0.05, 0.1) is 34.5 Å². The molecular formula is C16H19BN2O2S. The van der Waals surface area contributed by atoms with Crippen LogP contribution in [0.1, 0.15) is 44.7 Å². The first kappa shape index (κ1) is 16.9. The van der Waals surface area contributed by atoms with Gasteiger partial charge in [-0.15, -0.1) is 0 Å². The third kappa shape index (κ3) is 2.87. The molecule has 4 nitrogen and oxygen atoms in total. The number of rotatable bonds is 4. The van der Waals surface area contributed by atoms with Gasteiger partial charge in [-0.05, 0) is 51.5 Å². The number of hydrogen-bond acceptors (Lipinski definition) is 5. The van der Waals surface area contributed by atoms with E-state index in [2.05, 4.69) is 24.8 Å². The molecule has 22 heavy (non-hydrogen) atoms. The van der Waals surface area contributed by atoms with Crippen molar-refractivity contribution in [2.24, 2.45) is 0 Å². The molecule has 1 aliphatic rings. The van der Waals surface area contributed by atoms with Crippen molar-refractivity contribution in [3.05, 3.63) is 29.3 Å². The normalized spacial score (nSPS) is 23.1. The van der Waals surface area contributed by atoms with Crippen molar-refractivity contribution in [1.82, 2.24) is 0 Å². The molecule has 6 heteroatoms. The van der Waals surface area contributed by atoms with E-state index < -0.39 is 18.3 Å². The molecule has 2 rings (SSSR count). The highest BCUT2D eigenvalue weighted by atomic mass is 32.1. The Morgan fingerprint density at radius 3 is 2.23 bits per heavy atom. The molecule has 0 N–H and O–H groups in total. The number of thiol groups is 1. The fourth-order valence-corrected chi connectivity index (χ4v) is 2.86. The quantitative estimate of drug-likeness (QED) is 0.685. The van der Waals surface area contributed by atoms with Gasteiger partial charge in [0.15, 0.2) is 0 Å². The molecule has 1 atom stereocenters. The van der Waals surface area contributed by atoms with Gasteiger partial charge in [0.1, 0.15) is 0 Å². The summed E-state index contributed by atoms with van der Waals surface area (Å²) >= 11 is 4.26. The van der Waals surface area contributed by atoms with E-state index in [0.717, 1.165) is 18.6 Å². The molecular weight excluding hydrogens is 295 g/mol. The lowest BCUT2D eigenvalue weighted by molar-refractivity contribution is -0.0157. The van der Waals surface area contributed by atoms with Gasteiger partial charge in [0, 0.05) is 5.46 Å². The zero-order valence-electron chi connectivity index (χ0n) is 13.1. The van der Waals surface area contributed by atoms with E-state index in [-0.39, 0.29) is 0 Å². The third-order valence-corrected chi connectivity index (χ3v) is 4.75. The predicted molar refractivity (Wildman–Crippen MR) is 89.0 cm³/mol. The van der Waals surface area contributed by atoms with Crippen LogP contribution in [0.15, 0.2) is 18.2 Å². The molecule has 0 amide bonds. The van der Waals surface area contributed by atoms with Gasteiger partial charge in [-0.1, -0.05) is 6.07 Å². The van der Waals surface area contributed by atoms with Gasteiger partial charge in [-0.2, -0.15) is 23.2 Å². The molecule has 1 heterocycles. The zero-order chi connectivity index (χ0) is 16.4. The monoisotopic (exact) mass is 314 g/mol. The van der Waals surface area contributed by atoms with E-state index in [0.29, 0.717) is 16.6 Å². The molecule has 0 bridgehead atoms. The first-order valence-electron chi connectivity index (χ1n) is 7.28. The van der Waals surface area contributed by atoms with Crippen molar-refractivity contribution in [2.75, 3.05) is 5.75 Å². The summed E-state index contributed by atoms with van der Waals surface area (Å²) in [5, 5.41) is 18.6. The maximum absolute atomic E-state index is 9.32. The predicted octanol–water partition coefficient (Wildman–Crippen LogP) is 2.42. The van der Waals surface area contributed by atoms with E-state index in [1.165, 1.54) is 0 Å². The van der Waals surface area contributed by atoms with Crippen LogP contribution in [-0.2, 0) is 9.31 Å². The van der Waals surface area contributed by atoms with Gasteiger partial charge < -0.3 is 9.31 Å². The SMILES string of the molecule is CC1(C)OB(c2c(C#N)cccc2C#N)OC1(C)CCCS. The van der Waals surface area contributed by atoms with Crippen LogP contribution in [-0.4, -0.2) is 24.1 Å². The Balaban J connectivity index is 2.42. The Labute approximate surface area is 137 Å². The molecule has 0 radical (unpaired) electrons. The first-order valence-corrected chi connectivity index (χ1v) is 7.91. The van der Waals surface area contributed by atoms with E-state index in [1.54, 1.807) is 18.2 Å². The number of benzene rings is 1. The van der Waals surface area contributed by atoms with Crippen molar-refractivity contribution in [3.8, 4) is 12.1 Å². The maximum atomic E-state index is 9.32. The van der Waals surface area contributed by atoms with Crippen molar-refractivity contribution in [1.29, 1.82) is 10.5 Å². The summed E-state index contributed by atoms with van der Waals surface area (Å²) in [6.45, 7) is 5.97. The fourth-order valence-electron chi connectivity index (χ4n) is 2.70. The molecule has 0 aliphatic carbocycles. The zero-order valence-corrected chi connectivity index (χ0v) is 14.0. The third-order valence-electron chi connectivity index (χ3n) is 4.44. The smallest absolute Gasteiger partial charge is 0.399 e. The minimum Gasteiger partial charge on any atom is -0.399 e. The van der Waals surface area contributed by atoms with Crippen LogP contribution in [0.25, 0.3) is 0 Å². The second-order valence-electron chi connectivity index (χ2n) is 6.13. The van der Waals surface area contributed by atoms with Crippen LogP contribution >= 0.6 is 12.6 Å². The van der Waals surface area contributed by atoms with Crippen LogP contribution < -0.4 is 5.46 Å². The van der Waals surface area contributed by atoms with Crippen molar-refractivity contribution < 1.29 is 9.31 Å². The molecule has 0 aromatic heterocycles. The minimum absolute atomic E-state index is 0.415. The molecule has 114 valence electrons. The number of hydrogen-bond donors (Lipinski definition) is 1. The molecule has 0 saturated carbocycles. The van der Waals surface area contributed by atoms with Crippen molar-refractivity contribution in [3.63, 3.8) is 0 Å². The molecule has 0 spiro atoms. The lowest BCUT2D eigenvalue weighted by Crippen LogP contribution is -2.44. The Morgan fingerprint density at radius 1 is 1.14 bits per heavy atom. The molecule has 1 unspecified atom stereocenters. The van der Waals surface area contributed by atoms with E-state index in [1.807, 2.05) is 20.8 Å². The molecule has 1 aromatic carbocycles. The van der Waals surface area contributed by atoms with Crippen LogP contribution in [0.2, 0.25) is 0 Å². The summed E-state index contributed by atoms with van der Waals surface area (Å²) in [7, 11) is -0.703. The molecule has 1 fully saturated rings. The van der Waals surface area contributed by atoms with Gasteiger partial charge >= 0.3 is 7.12 Å².